The van der Waals surface area contributed by atoms with Crippen LogP contribution in [0.3, 0.4) is 0 Å². The molecule has 0 unspecified atom stereocenters. The van der Waals surface area contributed by atoms with Crippen LogP contribution in [0.1, 0.15) is 18.7 Å². The minimum Gasteiger partial charge on any atom is -0.467 e. The van der Waals surface area contributed by atoms with Gasteiger partial charge in [0, 0.05) is 6.07 Å². The third-order valence-electron chi connectivity index (χ3n) is 2.84. The summed E-state index contributed by atoms with van der Waals surface area (Å²) in [6, 6.07) is 6.54. The Labute approximate surface area is 120 Å². The van der Waals surface area contributed by atoms with E-state index >= 15 is 0 Å². The van der Waals surface area contributed by atoms with Gasteiger partial charge in [0.15, 0.2) is 0 Å². The Hall–Kier alpha value is -2.39. The molecule has 1 aromatic heterocycles. The molecule has 9 heteroatoms. The van der Waals surface area contributed by atoms with E-state index in [1.807, 2.05) is 0 Å². The van der Waals surface area contributed by atoms with Crippen molar-refractivity contribution in [2.75, 3.05) is 5.32 Å². The number of nitrogens with one attached hydrogen (secondary N) is 1. The molecule has 0 saturated heterocycles. The molecular formula is C12H13N3O5S. The van der Waals surface area contributed by atoms with Crippen molar-refractivity contribution in [2.24, 2.45) is 5.14 Å². The van der Waals surface area contributed by atoms with Crippen molar-refractivity contribution in [2.45, 2.75) is 17.9 Å². The molecule has 2 rings (SSSR count). The molecular weight excluding hydrogens is 298 g/mol. The van der Waals surface area contributed by atoms with Crippen molar-refractivity contribution >= 4 is 21.4 Å². The summed E-state index contributed by atoms with van der Waals surface area (Å²) in [7, 11) is -4.00. The number of rotatable bonds is 5. The van der Waals surface area contributed by atoms with Gasteiger partial charge in [-0.05, 0) is 31.2 Å². The van der Waals surface area contributed by atoms with Gasteiger partial charge in [-0.1, -0.05) is 0 Å². The zero-order chi connectivity index (χ0) is 15.6. The second kappa shape index (κ2) is 5.54. The molecule has 0 radical (unpaired) electrons. The van der Waals surface area contributed by atoms with Gasteiger partial charge in [0.25, 0.3) is 5.69 Å². The normalized spacial score (nSPS) is 12.9. The number of benzene rings is 1. The van der Waals surface area contributed by atoms with Gasteiger partial charge >= 0.3 is 0 Å². The van der Waals surface area contributed by atoms with Gasteiger partial charge in [0.05, 0.1) is 22.1 Å². The molecule has 0 saturated carbocycles. The summed E-state index contributed by atoms with van der Waals surface area (Å²) in [6.07, 6.45) is 1.49. The van der Waals surface area contributed by atoms with Crippen LogP contribution >= 0.6 is 0 Å². The fourth-order valence-electron chi connectivity index (χ4n) is 1.80. The number of furan rings is 1. The maximum Gasteiger partial charge on any atom is 0.293 e. The maximum absolute atomic E-state index is 11.2. The molecule has 2 aromatic rings. The lowest BCUT2D eigenvalue weighted by Crippen LogP contribution is -2.13. The number of hydrogen-bond acceptors (Lipinski definition) is 6. The monoisotopic (exact) mass is 311 g/mol. The highest BCUT2D eigenvalue weighted by Crippen LogP contribution is 2.30. The largest absolute Gasteiger partial charge is 0.467 e. The van der Waals surface area contributed by atoms with Crippen LogP contribution in [0, 0.1) is 10.1 Å². The van der Waals surface area contributed by atoms with Crippen LogP contribution in [0.2, 0.25) is 0 Å². The van der Waals surface area contributed by atoms with E-state index in [9.17, 15) is 18.5 Å². The Kier molecular flexibility index (Phi) is 3.96. The molecule has 3 N–H and O–H groups in total. The summed E-state index contributed by atoms with van der Waals surface area (Å²) in [5.41, 5.74) is -0.198. The summed E-state index contributed by atoms with van der Waals surface area (Å²) < 4.78 is 27.7. The first-order valence-corrected chi connectivity index (χ1v) is 7.45. The van der Waals surface area contributed by atoms with Gasteiger partial charge in [-0.3, -0.25) is 10.1 Å². The van der Waals surface area contributed by atoms with Crippen LogP contribution in [0.25, 0.3) is 0 Å². The first-order chi connectivity index (χ1) is 9.79. The highest BCUT2D eigenvalue weighted by atomic mass is 32.2. The number of nitrogens with zero attached hydrogens (tertiary/aromatic N) is 1. The van der Waals surface area contributed by atoms with Gasteiger partial charge < -0.3 is 9.73 Å². The molecule has 1 atom stereocenters. The molecule has 0 fully saturated rings. The van der Waals surface area contributed by atoms with Crippen LogP contribution in [-0.2, 0) is 10.0 Å². The Balaban J connectivity index is 2.38. The number of nitro groups is 1. The lowest BCUT2D eigenvalue weighted by Gasteiger charge is -2.13. The molecule has 0 aliphatic heterocycles. The number of nitrogens with two attached hydrogens (primary N) is 1. The Morgan fingerprint density at radius 3 is 2.62 bits per heavy atom. The van der Waals surface area contributed by atoms with Crippen molar-refractivity contribution in [1.29, 1.82) is 0 Å². The summed E-state index contributed by atoms with van der Waals surface area (Å²) in [5.74, 6) is 0.597. The smallest absolute Gasteiger partial charge is 0.293 e. The van der Waals surface area contributed by atoms with Crippen molar-refractivity contribution in [3.8, 4) is 0 Å². The van der Waals surface area contributed by atoms with Crippen molar-refractivity contribution in [3.63, 3.8) is 0 Å². The van der Waals surface area contributed by atoms with Crippen LogP contribution < -0.4 is 10.5 Å². The second-order valence-electron chi connectivity index (χ2n) is 4.36. The molecule has 0 bridgehead atoms. The predicted octanol–water partition coefficient (Wildman–Crippen LogP) is 2.01. The number of nitro benzene ring substituents is 1. The third-order valence-corrected chi connectivity index (χ3v) is 3.75. The van der Waals surface area contributed by atoms with Crippen molar-refractivity contribution in [3.05, 3.63) is 52.5 Å². The summed E-state index contributed by atoms with van der Waals surface area (Å²) in [6.45, 7) is 1.76. The summed E-state index contributed by atoms with van der Waals surface area (Å²) in [4.78, 5) is 10.1. The van der Waals surface area contributed by atoms with Gasteiger partial charge in [0.2, 0.25) is 10.0 Å². The van der Waals surface area contributed by atoms with Gasteiger partial charge in [-0.2, -0.15) is 0 Å². The van der Waals surface area contributed by atoms with E-state index < -0.39 is 14.9 Å². The lowest BCUT2D eigenvalue weighted by molar-refractivity contribution is -0.384. The van der Waals surface area contributed by atoms with E-state index in [1.54, 1.807) is 19.1 Å². The van der Waals surface area contributed by atoms with Crippen LogP contribution in [0.5, 0.6) is 0 Å². The molecule has 1 aromatic carbocycles. The SMILES string of the molecule is C[C@@H](Nc1ccc(S(N)(=O)=O)cc1[N+](=O)[O-])c1ccco1. The topological polar surface area (TPSA) is 128 Å². The minimum absolute atomic E-state index is 0.177. The van der Waals surface area contributed by atoms with E-state index in [2.05, 4.69) is 5.32 Å². The molecule has 0 spiro atoms. The summed E-state index contributed by atoms with van der Waals surface area (Å²) >= 11 is 0. The third kappa shape index (κ3) is 3.38. The standard InChI is InChI=1S/C12H13N3O5S/c1-8(12-3-2-6-20-12)14-10-5-4-9(21(13,18)19)7-11(10)15(16)17/h2-8,14H,1H3,(H2,13,18,19)/t8-/m1/s1. The quantitative estimate of drug-likeness (QED) is 0.642. The fraction of sp³-hybridized carbons (Fsp3) is 0.167. The Bertz CT molecular complexity index is 755. The predicted molar refractivity (Wildman–Crippen MR) is 75.2 cm³/mol. The van der Waals surface area contributed by atoms with E-state index in [4.69, 9.17) is 9.56 Å². The van der Waals surface area contributed by atoms with E-state index in [0.29, 0.717) is 5.76 Å². The first-order valence-electron chi connectivity index (χ1n) is 5.90. The fourth-order valence-corrected chi connectivity index (χ4v) is 2.34. The highest BCUT2D eigenvalue weighted by Gasteiger charge is 2.21. The number of sulfonamides is 1. The number of primary sulfonamides is 1. The van der Waals surface area contributed by atoms with Crippen LogP contribution in [0.4, 0.5) is 11.4 Å². The summed E-state index contributed by atoms with van der Waals surface area (Å²) in [5, 5.41) is 18.9. The number of anilines is 1. The van der Waals surface area contributed by atoms with Crippen molar-refractivity contribution < 1.29 is 17.8 Å². The molecule has 1 heterocycles. The molecule has 21 heavy (non-hydrogen) atoms. The van der Waals surface area contributed by atoms with E-state index in [1.165, 1.54) is 18.4 Å². The van der Waals surface area contributed by atoms with Crippen LogP contribution in [-0.4, -0.2) is 13.3 Å². The van der Waals surface area contributed by atoms with Gasteiger partial charge in [-0.15, -0.1) is 0 Å². The van der Waals surface area contributed by atoms with Gasteiger partial charge in [-0.25, -0.2) is 13.6 Å². The van der Waals surface area contributed by atoms with Gasteiger partial charge in [0.1, 0.15) is 11.4 Å². The highest BCUT2D eigenvalue weighted by molar-refractivity contribution is 7.89. The molecule has 0 amide bonds. The molecule has 0 aliphatic carbocycles. The van der Waals surface area contributed by atoms with E-state index in [0.717, 1.165) is 6.07 Å². The van der Waals surface area contributed by atoms with Crippen molar-refractivity contribution in [1.82, 2.24) is 0 Å². The average Bonchev–Trinajstić information content (AvgIpc) is 2.91. The second-order valence-corrected chi connectivity index (χ2v) is 5.92. The minimum atomic E-state index is -4.00. The Morgan fingerprint density at radius 1 is 1.38 bits per heavy atom. The maximum atomic E-state index is 11.2. The zero-order valence-electron chi connectivity index (χ0n) is 11.0. The zero-order valence-corrected chi connectivity index (χ0v) is 11.8. The molecule has 8 nitrogen and oxygen atoms in total. The lowest BCUT2D eigenvalue weighted by atomic mass is 10.2. The first kappa shape index (κ1) is 15.0. The average molecular weight is 311 g/mol. The Morgan fingerprint density at radius 2 is 2.10 bits per heavy atom. The molecule has 112 valence electrons. The number of hydrogen-bond donors (Lipinski definition) is 2. The van der Waals surface area contributed by atoms with E-state index in [-0.39, 0.29) is 22.3 Å². The van der Waals surface area contributed by atoms with Crippen LogP contribution in [0.15, 0.2) is 45.9 Å². The molecule has 0 aliphatic rings.